The molecule has 1 atom stereocenters. The summed E-state index contributed by atoms with van der Waals surface area (Å²) in [5.41, 5.74) is 7.83. The van der Waals surface area contributed by atoms with Crippen molar-refractivity contribution < 1.29 is 0 Å². The van der Waals surface area contributed by atoms with Crippen molar-refractivity contribution in [3.8, 4) is 11.4 Å². The van der Waals surface area contributed by atoms with Gasteiger partial charge in [-0.25, -0.2) is 4.98 Å². The molecule has 0 saturated heterocycles. The van der Waals surface area contributed by atoms with E-state index >= 15 is 0 Å². The van der Waals surface area contributed by atoms with Crippen molar-refractivity contribution >= 4 is 11.3 Å². The fraction of sp³-hybridized carbons (Fsp3) is 0.364. The molecule has 3 nitrogen and oxygen atoms in total. The molecule has 0 fully saturated rings. The molecule has 2 aromatic heterocycles. The van der Waals surface area contributed by atoms with E-state index < -0.39 is 0 Å². The molecule has 2 rings (SSSR count). The maximum atomic E-state index is 5.71. The van der Waals surface area contributed by atoms with Gasteiger partial charge in [-0.3, -0.25) is 0 Å². The molecule has 80 valence electrons. The SMILES string of the molecule is CC(N)CCc1nc(-c2ccc[nH]2)cs1. The normalized spacial score (nSPS) is 12.9. The van der Waals surface area contributed by atoms with E-state index in [2.05, 4.69) is 15.3 Å². The van der Waals surface area contributed by atoms with Crippen molar-refractivity contribution in [2.24, 2.45) is 5.73 Å². The minimum absolute atomic E-state index is 0.253. The van der Waals surface area contributed by atoms with Gasteiger partial charge in [0.2, 0.25) is 0 Å². The van der Waals surface area contributed by atoms with Gasteiger partial charge >= 0.3 is 0 Å². The molecule has 3 N–H and O–H groups in total. The number of hydrogen-bond acceptors (Lipinski definition) is 3. The number of aromatic nitrogens is 2. The molecule has 0 saturated carbocycles. The van der Waals surface area contributed by atoms with Crippen LogP contribution in [-0.4, -0.2) is 16.0 Å². The van der Waals surface area contributed by atoms with E-state index in [1.54, 1.807) is 11.3 Å². The van der Waals surface area contributed by atoms with E-state index in [0.717, 1.165) is 29.2 Å². The molecule has 2 aromatic rings. The summed E-state index contributed by atoms with van der Waals surface area (Å²) in [7, 11) is 0. The first-order valence-corrected chi connectivity index (χ1v) is 5.97. The number of aromatic amines is 1. The predicted molar refractivity (Wildman–Crippen MR) is 63.9 cm³/mol. The van der Waals surface area contributed by atoms with Crippen molar-refractivity contribution in [1.29, 1.82) is 0 Å². The molecule has 2 heterocycles. The lowest BCUT2D eigenvalue weighted by molar-refractivity contribution is 0.664. The Morgan fingerprint density at radius 1 is 1.60 bits per heavy atom. The van der Waals surface area contributed by atoms with Crippen LogP contribution in [0.25, 0.3) is 11.4 Å². The standard InChI is InChI=1S/C11H15N3S/c1-8(12)4-5-11-14-10(7-15-11)9-3-2-6-13-9/h2-3,6-8,13H,4-5,12H2,1H3. The maximum absolute atomic E-state index is 5.71. The highest BCUT2D eigenvalue weighted by Crippen LogP contribution is 2.20. The number of nitrogens with zero attached hydrogens (tertiary/aromatic N) is 1. The van der Waals surface area contributed by atoms with Crippen LogP contribution in [0.1, 0.15) is 18.4 Å². The number of hydrogen-bond donors (Lipinski definition) is 2. The number of rotatable bonds is 4. The van der Waals surface area contributed by atoms with Gasteiger partial charge in [0.1, 0.15) is 0 Å². The summed E-state index contributed by atoms with van der Waals surface area (Å²) < 4.78 is 0. The van der Waals surface area contributed by atoms with Crippen LogP contribution in [0.2, 0.25) is 0 Å². The summed E-state index contributed by atoms with van der Waals surface area (Å²) in [6.45, 7) is 2.03. The van der Waals surface area contributed by atoms with Gasteiger partial charge in [-0.2, -0.15) is 0 Å². The summed E-state index contributed by atoms with van der Waals surface area (Å²) in [6.07, 6.45) is 3.89. The Morgan fingerprint density at radius 3 is 3.13 bits per heavy atom. The van der Waals surface area contributed by atoms with Gasteiger partial charge in [0.15, 0.2) is 0 Å². The zero-order chi connectivity index (χ0) is 10.7. The zero-order valence-corrected chi connectivity index (χ0v) is 9.55. The minimum Gasteiger partial charge on any atom is -0.360 e. The Labute approximate surface area is 93.4 Å². The van der Waals surface area contributed by atoms with Crippen LogP contribution in [0.5, 0.6) is 0 Å². The van der Waals surface area contributed by atoms with E-state index in [9.17, 15) is 0 Å². The van der Waals surface area contributed by atoms with E-state index in [0.29, 0.717) is 0 Å². The molecule has 15 heavy (non-hydrogen) atoms. The van der Waals surface area contributed by atoms with Gasteiger partial charge in [-0.1, -0.05) is 0 Å². The fourth-order valence-corrected chi connectivity index (χ4v) is 2.20. The largest absolute Gasteiger partial charge is 0.360 e. The van der Waals surface area contributed by atoms with E-state index in [1.807, 2.05) is 25.3 Å². The van der Waals surface area contributed by atoms with Crippen molar-refractivity contribution in [3.05, 3.63) is 28.7 Å². The molecule has 0 aromatic carbocycles. The second kappa shape index (κ2) is 4.59. The van der Waals surface area contributed by atoms with Crippen LogP contribution in [0.3, 0.4) is 0 Å². The Kier molecular flexibility index (Phi) is 3.18. The lowest BCUT2D eigenvalue weighted by Gasteiger charge is -2.00. The third kappa shape index (κ3) is 2.67. The van der Waals surface area contributed by atoms with Gasteiger partial charge in [0.25, 0.3) is 0 Å². The quantitative estimate of drug-likeness (QED) is 0.833. The topological polar surface area (TPSA) is 54.7 Å². The van der Waals surface area contributed by atoms with Crippen LogP contribution in [0.4, 0.5) is 0 Å². The molecule has 0 aliphatic heterocycles. The predicted octanol–water partition coefficient (Wildman–Crippen LogP) is 2.42. The van der Waals surface area contributed by atoms with Crippen LogP contribution in [-0.2, 0) is 6.42 Å². The zero-order valence-electron chi connectivity index (χ0n) is 8.73. The number of thiazole rings is 1. The maximum Gasteiger partial charge on any atom is 0.0976 e. The molecule has 4 heteroatoms. The molecule has 0 radical (unpaired) electrons. The molecule has 1 unspecified atom stereocenters. The third-order valence-corrected chi connectivity index (χ3v) is 3.15. The number of nitrogens with two attached hydrogens (primary N) is 1. The Bertz CT molecular complexity index is 403. The Balaban J connectivity index is 2.04. The summed E-state index contributed by atoms with van der Waals surface area (Å²) in [5, 5.41) is 3.25. The number of H-pyrrole nitrogens is 1. The number of aryl methyl sites for hydroxylation is 1. The molecule has 0 amide bonds. The second-order valence-corrected chi connectivity index (χ2v) is 4.67. The van der Waals surface area contributed by atoms with Gasteiger partial charge < -0.3 is 10.7 Å². The summed E-state index contributed by atoms with van der Waals surface area (Å²) in [5.74, 6) is 0. The van der Waals surface area contributed by atoms with Crippen molar-refractivity contribution in [2.75, 3.05) is 0 Å². The number of nitrogens with one attached hydrogen (secondary N) is 1. The molecule has 0 aliphatic rings. The second-order valence-electron chi connectivity index (χ2n) is 3.73. The van der Waals surface area contributed by atoms with Crippen LogP contribution in [0, 0.1) is 0 Å². The van der Waals surface area contributed by atoms with Crippen molar-refractivity contribution in [3.63, 3.8) is 0 Å². The van der Waals surface area contributed by atoms with Crippen LogP contribution >= 0.6 is 11.3 Å². The lowest BCUT2D eigenvalue weighted by Crippen LogP contribution is -2.15. The molecular formula is C11H15N3S. The van der Waals surface area contributed by atoms with Crippen molar-refractivity contribution in [2.45, 2.75) is 25.8 Å². The van der Waals surface area contributed by atoms with Gasteiger partial charge in [0, 0.05) is 24.0 Å². The smallest absolute Gasteiger partial charge is 0.0976 e. The minimum atomic E-state index is 0.253. The molecule has 0 spiro atoms. The van der Waals surface area contributed by atoms with Gasteiger partial charge in [-0.05, 0) is 25.5 Å². The highest BCUT2D eigenvalue weighted by Gasteiger charge is 2.05. The average Bonchev–Trinajstić information content (AvgIpc) is 2.85. The molecular weight excluding hydrogens is 206 g/mol. The first-order valence-electron chi connectivity index (χ1n) is 5.09. The summed E-state index contributed by atoms with van der Waals surface area (Å²) >= 11 is 1.70. The van der Waals surface area contributed by atoms with E-state index in [1.165, 1.54) is 0 Å². The molecule has 0 aliphatic carbocycles. The average molecular weight is 221 g/mol. The van der Waals surface area contributed by atoms with Crippen LogP contribution < -0.4 is 5.73 Å². The Hall–Kier alpha value is -1.13. The van der Waals surface area contributed by atoms with Gasteiger partial charge in [0.05, 0.1) is 16.4 Å². The summed E-state index contributed by atoms with van der Waals surface area (Å²) in [4.78, 5) is 7.71. The highest BCUT2D eigenvalue weighted by atomic mass is 32.1. The third-order valence-electron chi connectivity index (χ3n) is 2.24. The lowest BCUT2D eigenvalue weighted by atomic mass is 10.2. The first-order chi connectivity index (χ1) is 7.25. The Morgan fingerprint density at radius 2 is 2.47 bits per heavy atom. The van der Waals surface area contributed by atoms with E-state index in [4.69, 9.17) is 5.73 Å². The van der Waals surface area contributed by atoms with Crippen LogP contribution in [0.15, 0.2) is 23.7 Å². The van der Waals surface area contributed by atoms with E-state index in [-0.39, 0.29) is 6.04 Å². The van der Waals surface area contributed by atoms with Gasteiger partial charge in [-0.15, -0.1) is 11.3 Å². The van der Waals surface area contributed by atoms with Crippen molar-refractivity contribution in [1.82, 2.24) is 9.97 Å². The molecule has 0 bridgehead atoms. The first kappa shape index (κ1) is 10.4. The monoisotopic (exact) mass is 221 g/mol. The highest BCUT2D eigenvalue weighted by molar-refractivity contribution is 7.09. The fourth-order valence-electron chi connectivity index (χ4n) is 1.39. The summed E-state index contributed by atoms with van der Waals surface area (Å²) in [6, 6.07) is 4.27.